The van der Waals surface area contributed by atoms with E-state index in [9.17, 15) is 10.1 Å². The Kier molecular flexibility index (Phi) is 2.06. The van der Waals surface area contributed by atoms with Gasteiger partial charge in [-0.25, -0.2) is 0 Å². The molecule has 0 amide bonds. The van der Waals surface area contributed by atoms with Gasteiger partial charge < -0.3 is 0 Å². The third-order valence-electron chi connectivity index (χ3n) is 2.27. The minimum atomic E-state index is -1.28. The molecule has 0 radical (unpaired) electrons. The Morgan fingerprint density at radius 2 is 2.25 bits per heavy atom. The van der Waals surface area contributed by atoms with E-state index in [1.165, 1.54) is 6.07 Å². The Labute approximate surface area is 89.4 Å². The van der Waals surface area contributed by atoms with E-state index >= 15 is 0 Å². The predicted octanol–water partition coefficient (Wildman–Crippen LogP) is 2.79. The van der Waals surface area contributed by atoms with E-state index in [-0.39, 0.29) is 5.69 Å². The zero-order valence-electron chi connectivity index (χ0n) is 8.23. The summed E-state index contributed by atoms with van der Waals surface area (Å²) in [6.45, 7) is 1.63. The van der Waals surface area contributed by atoms with Crippen LogP contribution in [0, 0.1) is 17.0 Å². The molecule has 80 valence electrons. The number of hydrogen-bond donors (Lipinski definition) is 0. The van der Waals surface area contributed by atoms with Gasteiger partial charge in [0.25, 0.3) is 11.5 Å². The van der Waals surface area contributed by atoms with E-state index in [1.807, 2.05) is 0 Å². The van der Waals surface area contributed by atoms with Gasteiger partial charge in [-0.3, -0.25) is 10.1 Å². The normalized spacial score (nSPS) is 15.3. The maximum Gasteiger partial charge on any atom is 0.293 e. The molecule has 0 spiro atoms. The van der Waals surface area contributed by atoms with Crippen molar-refractivity contribution in [2.24, 2.45) is 15.3 Å². The fourth-order valence-electron chi connectivity index (χ4n) is 1.34. The van der Waals surface area contributed by atoms with Crippen molar-refractivity contribution < 1.29 is 4.92 Å². The van der Waals surface area contributed by atoms with Crippen LogP contribution in [0.3, 0.4) is 0 Å². The third-order valence-corrected chi connectivity index (χ3v) is 2.27. The lowest BCUT2D eigenvalue weighted by Gasteiger charge is -2.04. The summed E-state index contributed by atoms with van der Waals surface area (Å²) >= 11 is 0. The summed E-state index contributed by atoms with van der Waals surface area (Å²) < 4.78 is 0. The minimum absolute atomic E-state index is 0.0395. The van der Waals surface area contributed by atoms with Gasteiger partial charge in [-0.2, -0.15) is 0 Å². The molecular formula is C8H6N6O2. The fourth-order valence-corrected chi connectivity index (χ4v) is 1.34. The summed E-state index contributed by atoms with van der Waals surface area (Å²) in [6, 6.07) is 4.51. The van der Waals surface area contributed by atoms with Crippen LogP contribution >= 0.6 is 0 Å². The molecule has 0 unspecified atom stereocenters. The van der Waals surface area contributed by atoms with Gasteiger partial charge in [0, 0.05) is 22.1 Å². The van der Waals surface area contributed by atoms with Crippen LogP contribution in [0.25, 0.3) is 10.4 Å². The molecule has 0 saturated heterocycles. The number of azide groups is 1. The molecular weight excluding hydrogens is 212 g/mol. The van der Waals surface area contributed by atoms with Gasteiger partial charge in [0.05, 0.1) is 4.92 Å². The van der Waals surface area contributed by atoms with E-state index in [1.54, 1.807) is 19.1 Å². The SMILES string of the molecule is Cc1ccc(C2(N=[N+]=[N-])N=N2)cc1[N+](=O)[O-]. The van der Waals surface area contributed by atoms with Crippen molar-refractivity contribution in [3.63, 3.8) is 0 Å². The van der Waals surface area contributed by atoms with Crippen molar-refractivity contribution in [3.8, 4) is 0 Å². The summed E-state index contributed by atoms with van der Waals surface area (Å²) in [4.78, 5) is 12.8. The average molecular weight is 218 g/mol. The molecule has 1 aliphatic heterocycles. The van der Waals surface area contributed by atoms with E-state index in [2.05, 4.69) is 20.3 Å². The van der Waals surface area contributed by atoms with Gasteiger partial charge >= 0.3 is 0 Å². The summed E-state index contributed by atoms with van der Waals surface area (Å²) in [6.07, 6.45) is 0. The number of nitro groups is 1. The molecule has 8 nitrogen and oxygen atoms in total. The van der Waals surface area contributed by atoms with E-state index < -0.39 is 10.7 Å². The first kappa shape index (κ1) is 10.1. The molecule has 1 heterocycles. The smallest absolute Gasteiger partial charge is 0.258 e. The van der Waals surface area contributed by atoms with Crippen molar-refractivity contribution in [1.29, 1.82) is 0 Å². The summed E-state index contributed by atoms with van der Waals surface area (Å²) in [5.41, 5.74) is 9.24. The van der Waals surface area contributed by atoms with Crippen LogP contribution in [0.15, 0.2) is 33.5 Å². The molecule has 0 saturated carbocycles. The van der Waals surface area contributed by atoms with Crippen molar-refractivity contribution >= 4 is 5.69 Å². The second-order valence-corrected chi connectivity index (χ2v) is 3.28. The number of hydrogen-bond acceptors (Lipinski definition) is 5. The molecule has 8 heteroatoms. The molecule has 1 aliphatic rings. The standard InChI is InChI=1S/C8H6N6O2/c1-5-2-3-6(4-7(5)14(15)16)8(10-11-8)12-13-9/h2-4H,1H3. The average Bonchev–Trinajstić information content (AvgIpc) is 2.99. The van der Waals surface area contributed by atoms with Crippen molar-refractivity contribution in [2.45, 2.75) is 12.7 Å². The molecule has 2 rings (SSSR count). The van der Waals surface area contributed by atoms with E-state index in [4.69, 9.17) is 5.53 Å². The molecule has 1 aromatic carbocycles. The van der Waals surface area contributed by atoms with Gasteiger partial charge in [0.15, 0.2) is 0 Å². The monoisotopic (exact) mass is 218 g/mol. The molecule has 0 atom stereocenters. The zero-order valence-corrected chi connectivity index (χ0v) is 8.23. The molecule has 0 fully saturated rings. The Morgan fingerprint density at radius 3 is 2.75 bits per heavy atom. The second kappa shape index (κ2) is 3.28. The van der Waals surface area contributed by atoms with Crippen molar-refractivity contribution in [1.82, 2.24) is 0 Å². The minimum Gasteiger partial charge on any atom is -0.258 e. The molecule has 0 bridgehead atoms. The van der Waals surface area contributed by atoms with Crippen LogP contribution in [0.1, 0.15) is 11.1 Å². The molecule has 0 aromatic heterocycles. The summed E-state index contributed by atoms with van der Waals surface area (Å²) in [5.74, 6) is -1.28. The lowest BCUT2D eigenvalue weighted by Crippen LogP contribution is -2.04. The first-order chi connectivity index (χ1) is 7.59. The van der Waals surface area contributed by atoms with Crippen LogP contribution < -0.4 is 0 Å². The van der Waals surface area contributed by atoms with Gasteiger partial charge in [0.1, 0.15) is 0 Å². The molecule has 0 aliphatic carbocycles. The number of aryl methyl sites for hydroxylation is 1. The van der Waals surface area contributed by atoms with Crippen molar-refractivity contribution in [2.75, 3.05) is 0 Å². The van der Waals surface area contributed by atoms with Crippen LogP contribution in [-0.4, -0.2) is 4.92 Å². The Bertz CT molecular complexity index is 539. The predicted molar refractivity (Wildman–Crippen MR) is 53.5 cm³/mol. The van der Waals surface area contributed by atoms with Gasteiger partial charge in [-0.05, 0) is 17.6 Å². The second-order valence-electron chi connectivity index (χ2n) is 3.28. The molecule has 1 aromatic rings. The highest BCUT2D eigenvalue weighted by Gasteiger charge is 2.42. The topological polar surface area (TPSA) is 117 Å². The lowest BCUT2D eigenvalue weighted by molar-refractivity contribution is -0.385. The lowest BCUT2D eigenvalue weighted by atomic mass is 10.1. The number of nitrogens with zero attached hydrogens (tertiary/aromatic N) is 6. The van der Waals surface area contributed by atoms with Gasteiger partial charge in [0.2, 0.25) is 0 Å². The summed E-state index contributed by atoms with van der Waals surface area (Å²) in [5, 5.41) is 21.3. The summed E-state index contributed by atoms with van der Waals surface area (Å²) in [7, 11) is 0. The number of rotatable bonds is 3. The van der Waals surface area contributed by atoms with Crippen LogP contribution in [-0.2, 0) is 5.79 Å². The Balaban J connectivity index is 2.48. The molecule has 16 heavy (non-hydrogen) atoms. The Morgan fingerprint density at radius 1 is 1.56 bits per heavy atom. The number of benzene rings is 1. The van der Waals surface area contributed by atoms with E-state index in [0.717, 1.165) is 0 Å². The van der Waals surface area contributed by atoms with E-state index in [0.29, 0.717) is 11.1 Å². The highest BCUT2D eigenvalue weighted by molar-refractivity contribution is 5.45. The largest absolute Gasteiger partial charge is 0.293 e. The maximum atomic E-state index is 10.7. The van der Waals surface area contributed by atoms with Crippen LogP contribution in [0.5, 0.6) is 0 Å². The molecule has 0 N–H and O–H groups in total. The van der Waals surface area contributed by atoms with Crippen LogP contribution in [0.4, 0.5) is 5.69 Å². The first-order valence-corrected chi connectivity index (χ1v) is 4.35. The Hall–Kier alpha value is -2.47. The highest BCUT2D eigenvalue weighted by Crippen LogP contribution is 2.42. The quantitative estimate of drug-likeness (QED) is 0.255. The van der Waals surface area contributed by atoms with Gasteiger partial charge in [-0.15, -0.1) is 10.2 Å². The first-order valence-electron chi connectivity index (χ1n) is 4.35. The number of nitro benzene ring substituents is 1. The zero-order chi connectivity index (χ0) is 11.8. The maximum absolute atomic E-state index is 10.7. The van der Waals surface area contributed by atoms with Crippen LogP contribution in [0.2, 0.25) is 0 Å². The highest BCUT2D eigenvalue weighted by atomic mass is 16.6. The fraction of sp³-hybridized carbons (Fsp3) is 0.250. The van der Waals surface area contributed by atoms with Gasteiger partial charge in [-0.1, -0.05) is 12.1 Å². The third kappa shape index (κ3) is 1.47. The van der Waals surface area contributed by atoms with Crippen molar-refractivity contribution in [3.05, 3.63) is 49.9 Å².